The van der Waals surface area contributed by atoms with Gasteiger partial charge in [-0.25, -0.2) is 0 Å². The van der Waals surface area contributed by atoms with Crippen LogP contribution in [0.1, 0.15) is 26.3 Å². The number of aromatic nitrogens is 1. The lowest BCUT2D eigenvalue weighted by atomic mass is 9.34. The fourth-order valence-electron chi connectivity index (χ4n) is 9.25. The average molecular weight is 704 g/mol. The Bertz CT molecular complexity index is 2990. The molecule has 0 N–H and O–H groups in total. The first-order chi connectivity index (χ1) is 26.9. The van der Waals surface area contributed by atoms with Gasteiger partial charge in [-0.1, -0.05) is 172 Å². The maximum atomic E-state index is 7.43. The number of nitrogens with zero attached hydrogens (tertiary/aromatic N) is 1. The lowest BCUT2D eigenvalue weighted by Gasteiger charge is -2.36. The first-order valence-electron chi connectivity index (χ1n) is 19.3. The van der Waals surface area contributed by atoms with Crippen LogP contribution in [0.4, 0.5) is 0 Å². The quantitative estimate of drug-likeness (QED) is 0.167. The van der Waals surface area contributed by atoms with Crippen molar-refractivity contribution in [3.05, 3.63) is 181 Å². The van der Waals surface area contributed by atoms with Gasteiger partial charge >= 0.3 is 0 Å². The van der Waals surface area contributed by atoms with Crippen LogP contribution in [0.5, 0.6) is 11.5 Å². The minimum Gasteiger partial charge on any atom is -0.458 e. The minimum absolute atomic E-state index is 0.0326. The molecular formula is C52H38BNO. The first-order valence-corrected chi connectivity index (χ1v) is 19.3. The van der Waals surface area contributed by atoms with Crippen molar-refractivity contribution >= 4 is 44.9 Å². The van der Waals surface area contributed by atoms with Crippen LogP contribution in [0.15, 0.2) is 176 Å². The third kappa shape index (κ3) is 4.82. The fourth-order valence-corrected chi connectivity index (χ4v) is 9.25. The molecular weight excluding hydrogens is 665 g/mol. The van der Waals surface area contributed by atoms with Crippen LogP contribution in [0.25, 0.3) is 72.0 Å². The van der Waals surface area contributed by atoms with Crippen molar-refractivity contribution in [3.63, 3.8) is 0 Å². The Hall–Kier alpha value is -6.58. The smallest absolute Gasteiger partial charge is 0.256 e. The lowest BCUT2D eigenvalue weighted by Crippen LogP contribution is -2.58. The highest BCUT2D eigenvalue weighted by Gasteiger charge is 2.42. The SMILES string of the molecule is CC(C)(C)c1cc2c3c(c1)-n1c4ccccc4c4cccc(c41)B3c1cc(-c3ccccc3-c3ccccc3)cc(-c3ccccc3-c3ccccc3)c1O2. The molecule has 11 rings (SSSR count). The monoisotopic (exact) mass is 703 g/mol. The molecule has 0 saturated carbocycles. The van der Waals surface area contributed by atoms with Crippen molar-refractivity contribution in [3.8, 4) is 61.7 Å². The molecule has 0 amide bonds. The van der Waals surface area contributed by atoms with Gasteiger partial charge in [0.05, 0.1) is 5.52 Å². The number of benzene rings is 8. The van der Waals surface area contributed by atoms with Gasteiger partial charge in [0.15, 0.2) is 0 Å². The summed E-state index contributed by atoms with van der Waals surface area (Å²) >= 11 is 0. The van der Waals surface area contributed by atoms with E-state index in [1.54, 1.807) is 0 Å². The predicted octanol–water partition coefficient (Wildman–Crippen LogP) is 11.7. The summed E-state index contributed by atoms with van der Waals surface area (Å²) in [5.74, 6) is 1.87. The summed E-state index contributed by atoms with van der Waals surface area (Å²) in [5, 5.41) is 2.56. The van der Waals surface area contributed by atoms with E-state index in [-0.39, 0.29) is 12.1 Å². The fraction of sp³-hybridized carbons (Fsp3) is 0.0769. The molecule has 8 aromatic carbocycles. The number of rotatable bonds is 4. The molecule has 55 heavy (non-hydrogen) atoms. The highest BCUT2D eigenvalue weighted by atomic mass is 16.5. The molecule has 2 nitrogen and oxygen atoms in total. The van der Waals surface area contributed by atoms with Crippen LogP contribution in [0, 0.1) is 0 Å². The Labute approximate surface area is 322 Å². The van der Waals surface area contributed by atoms with Gasteiger partial charge in [0, 0.05) is 27.5 Å². The van der Waals surface area contributed by atoms with E-state index in [9.17, 15) is 0 Å². The maximum absolute atomic E-state index is 7.43. The van der Waals surface area contributed by atoms with Gasteiger partial charge < -0.3 is 9.30 Å². The van der Waals surface area contributed by atoms with E-state index in [0.717, 1.165) is 22.6 Å². The second kappa shape index (κ2) is 12.0. The second-order valence-electron chi connectivity index (χ2n) is 16.1. The molecule has 0 bridgehead atoms. The molecule has 0 saturated heterocycles. The highest BCUT2D eigenvalue weighted by Crippen LogP contribution is 2.46. The predicted molar refractivity (Wildman–Crippen MR) is 232 cm³/mol. The number of hydrogen-bond donors (Lipinski definition) is 0. The van der Waals surface area contributed by atoms with E-state index >= 15 is 0 Å². The van der Waals surface area contributed by atoms with Crippen LogP contribution < -0.4 is 21.1 Å². The van der Waals surface area contributed by atoms with E-state index in [1.807, 2.05) is 0 Å². The zero-order valence-electron chi connectivity index (χ0n) is 31.2. The molecule has 3 heterocycles. The largest absolute Gasteiger partial charge is 0.458 e. The summed E-state index contributed by atoms with van der Waals surface area (Å²) < 4.78 is 9.94. The standard InChI is InChI=1S/C52H38BNO/c1-52(2,3)36-31-47-49-48(32-36)55-51-43(40-24-13-12-22-38(40)34-19-8-5-9-20-34)29-35(39-23-11-10-21-37(39)33-17-6-4-7-18-33)30-45(51)53(49)44-27-16-26-42-41-25-14-15-28-46(41)54(47)50(42)44/h4-32H,1-3H3. The molecule has 0 unspecified atom stereocenters. The zero-order valence-corrected chi connectivity index (χ0v) is 31.2. The summed E-state index contributed by atoms with van der Waals surface area (Å²) in [6.07, 6.45) is 0. The molecule has 3 heteroatoms. The number of para-hydroxylation sites is 2. The molecule has 260 valence electrons. The van der Waals surface area contributed by atoms with E-state index in [2.05, 4.69) is 201 Å². The third-order valence-electron chi connectivity index (χ3n) is 11.8. The number of hydrogen-bond acceptors (Lipinski definition) is 1. The summed E-state index contributed by atoms with van der Waals surface area (Å²) in [6, 6.07) is 64.5. The molecule has 0 spiro atoms. The second-order valence-corrected chi connectivity index (χ2v) is 16.1. The number of ether oxygens (including phenoxy) is 1. The van der Waals surface area contributed by atoms with Crippen molar-refractivity contribution in [1.29, 1.82) is 0 Å². The van der Waals surface area contributed by atoms with Crippen LogP contribution >= 0.6 is 0 Å². The van der Waals surface area contributed by atoms with E-state index in [0.29, 0.717) is 0 Å². The van der Waals surface area contributed by atoms with Crippen molar-refractivity contribution in [1.82, 2.24) is 4.57 Å². The third-order valence-corrected chi connectivity index (χ3v) is 11.8. The summed E-state index contributed by atoms with van der Waals surface area (Å²) in [7, 11) is 0. The van der Waals surface area contributed by atoms with Gasteiger partial charge in [-0.2, -0.15) is 0 Å². The Morgan fingerprint density at radius 3 is 1.75 bits per heavy atom. The molecule has 2 aliphatic heterocycles. The molecule has 0 atom stereocenters. The molecule has 1 aromatic heterocycles. The Morgan fingerprint density at radius 2 is 1.05 bits per heavy atom. The van der Waals surface area contributed by atoms with Gasteiger partial charge in [0.25, 0.3) is 6.71 Å². The molecule has 0 aliphatic carbocycles. The molecule has 0 radical (unpaired) electrons. The minimum atomic E-state index is -0.0859. The highest BCUT2D eigenvalue weighted by molar-refractivity contribution is 6.99. The summed E-state index contributed by atoms with van der Waals surface area (Å²) in [5.41, 5.74) is 18.0. The van der Waals surface area contributed by atoms with Crippen LogP contribution in [-0.2, 0) is 5.41 Å². The average Bonchev–Trinajstić information content (AvgIpc) is 3.57. The molecule has 2 aliphatic rings. The van der Waals surface area contributed by atoms with Crippen molar-refractivity contribution in [2.75, 3.05) is 0 Å². The molecule has 0 fully saturated rings. The Morgan fingerprint density at radius 1 is 0.473 bits per heavy atom. The van der Waals surface area contributed by atoms with Gasteiger partial charge in [0.1, 0.15) is 11.5 Å². The molecule has 9 aromatic rings. The van der Waals surface area contributed by atoms with E-state index < -0.39 is 0 Å². The van der Waals surface area contributed by atoms with Gasteiger partial charge in [0.2, 0.25) is 0 Å². The first kappa shape index (κ1) is 31.9. The summed E-state index contributed by atoms with van der Waals surface area (Å²) in [6.45, 7) is 6.87. The van der Waals surface area contributed by atoms with Gasteiger partial charge in [-0.05, 0) is 90.6 Å². The van der Waals surface area contributed by atoms with Crippen LogP contribution in [-0.4, -0.2) is 11.3 Å². The van der Waals surface area contributed by atoms with E-state index in [1.165, 1.54) is 82.8 Å². The zero-order chi connectivity index (χ0) is 36.8. The Balaban J connectivity index is 1.28. The maximum Gasteiger partial charge on any atom is 0.256 e. The van der Waals surface area contributed by atoms with Gasteiger partial charge in [-0.15, -0.1) is 0 Å². The van der Waals surface area contributed by atoms with Gasteiger partial charge in [-0.3, -0.25) is 0 Å². The van der Waals surface area contributed by atoms with Crippen molar-refractivity contribution in [2.45, 2.75) is 26.2 Å². The Kier molecular flexibility index (Phi) is 6.94. The normalized spacial score (nSPS) is 12.7. The topological polar surface area (TPSA) is 14.2 Å². The van der Waals surface area contributed by atoms with Crippen molar-refractivity contribution < 1.29 is 4.74 Å². The van der Waals surface area contributed by atoms with E-state index in [4.69, 9.17) is 4.74 Å². The number of fused-ring (bicyclic) bond motifs is 7. The van der Waals surface area contributed by atoms with Crippen molar-refractivity contribution in [2.24, 2.45) is 0 Å². The lowest BCUT2D eigenvalue weighted by molar-refractivity contribution is 0.484. The van der Waals surface area contributed by atoms with Crippen LogP contribution in [0.2, 0.25) is 0 Å². The van der Waals surface area contributed by atoms with Crippen LogP contribution in [0.3, 0.4) is 0 Å². The summed E-state index contributed by atoms with van der Waals surface area (Å²) in [4.78, 5) is 0.